The second kappa shape index (κ2) is 6.64. The zero-order valence-electron chi connectivity index (χ0n) is 9.93. The van der Waals surface area contributed by atoms with Crippen molar-refractivity contribution in [2.24, 2.45) is 0 Å². The Kier molecular flexibility index (Phi) is 6.43. The highest BCUT2D eigenvalue weighted by Gasteiger charge is 2.49. The molecule has 0 aliphatic heterocycles. The van der Waals surface area contributed by atoms with Gasteiger partial charge in [-0.3, -0.25) is 8.37 Å². The summed E-state index contributed by atoms with van der Waals surface area (Å²) in [5.74, 6) is 0. The van der Waals surface area contributed by atoms with Gasteiger partial charge in [0.05, 0.1) is 13.2 Å². The Bertz CT molecular complexity index is 485. The summed E-state index contributed by atoms with van der Waals surface area (Å²) in [4.78, 5) is 0. The summed E-state index contributed by atoms with van der Waals surface area (Å²) in [7, 11) is -11.2. The molecule has 7 nitrogen and oxygen atoms in total. The average molecular weight is 370 g/mol. The van der Waals surface area contributed by atoms with Crippen molar-refractivity contribution in [1.82, 2.24) is 0 Å². The minimum absolute atomic E-state index is 0.762. The third kappa shape index (κ3) is 5.93. The number of methoxy groups -OCH3 is 1. The molecule has 0 fully saturated rings. The molecular weight excluding hydrogens is 362 g/mol. The molecule has 0 amide bonds. The summed E-state index contributed by atoms with van der Waals surface area (Å²) in [6.07, 6.45) is -1.81. The maximum absolute atomic E-state index is 11.9. The first-order chi connectivity index (χ1) is 9.14. The quantitative estimate of drug-likeness (QED) is 0.370. The third-order valence-corrected chi connectivity index (χ3v) is 3.75. The van der Waals surface area contributed by atoms with E-state index in [1.165, 1.54) is 0 Å². The third-order valence-electron chi connectivity index (χ3n) is 1.72. The summed E-state index contributed by atoms with van der Waals surface area (Å²) in [5, 5.41) is 0. The van der Waals surface area contributed by atoms with E-state index in [1.807, 2.05) is 0 Å². The molecule has 0 aliphatic rings. The standard InChI is InChI=1S/C6H8F6O7S2/c1-17-4(2-18-20(13,14)5(7,8)9)3-19-21(15,16)6(10,11)12/h4H,2-3H2,1H3. The number of rotatable bonds is 7. The predicted octanol–water partition coefficient (Wildman–Crippen LogP) is 0.734. The van der Waals surface area contributed by atoms with Crippen LogP contribution in [0.15, 0.2) is 0 Å². The van der Waals surface area contributed by atoms with Crippen molar-refractivity contribution >= 4 is 20.2 Å². The van der Waals surface area contributed by atoms with Gasteiger partial charge in [0.1, 0.15) is 6.10 Å². The number of ether oxygens (including phenoxy) is 1. The van der Waals surface area contributed by atoms with Crippen molar-refractivity contribution in [2.75, 3.05) is 20.3 Å². The lowest BCUT2D eigenvalue weighted by Crippen LogP contribution is -2.34. The maximum atomic E-state index is 11.9. The van der Waals surface area contributed by atoms with Gasteiger partial charge in [-0.2, -0.15) is 43.2 Å². The van der Waals surface area contributed by atoms with Gasteiger partial charge >= 0.3 is 31.3 Å². The zero-order valence-corrected chi connectivity index (χ0v) is 11.6. The van der Waals surface area contributed by atoms with E-state index < -0.39 is 50.6 Å². The summed E-state index contributed by atoms with van der Waals surface area (Å²) >= 11 is 0. The Morgan fingerprint density at radius 2 is 1.10 bits per heavy atom. The van der Waals surface area contributed by atoms with Crippen LogP contribution in [0.2, 0.25) is 0 Å². The van der Waals surface area contributed by atoms with Gasteiger partial charge in [-0.05, 0) is 0 Å². The number of halogens is 6. The highest BCUT2D eigenvalue weighted by atomic mass is 32.2. The fourth-order valence-corrected chi connectivity index (χ4v) is 1.58. The smallest absolute Gasteiger partial charge is 0.377 e. The van der Waals surface area contributed by atoms with E-state index in [4.69, 9.17) is 0 Å². The molecule has 15 heteroatoms. The van der Waals surface area contributed by atoms with Crippen LogP contribution < -0.4 is 0 Å². The molecule has 0 radical (unpaired) electrons. The molecule has 0 unspecified atom stereocenters. The highest BCUT2D eigenvalue weighted by Crippen LogP contribution is 2.26. The molecule has 0 N–H and O–H groups in total. The van der Waals surface area contributed by atoms with Crippen LogP contribution in [0.25, 0.3) is 0 Å². The first kappa shape index (κ1) is 20.4. The van der Waals surface area contributed by atoms with Crippen LogP contribution in [-0.4, -0.2) is 54.3 Å². The summed E-state index contributed by atoms with van der Waals surface area (Å²) in [6.45, 7) is -2.79. The molecular formula is C6H8F6O7S2. The Hall–Kier alpha value is -0.640. The molecule has 0 aliphatic carbocycles. The van der Waals surface area contributed by atoms with Crippen LogP contribution in [0.1, 0.15) is 0 Å². The SMILES string of the molecule is COC(COS(=O)(=O)C(F)(F)F)COS(=O)(=O)C(F)(F)F. The number of hydrogen-bond donors (Lipinski definition) is 0. The summed E-state index contributed by atoms with van der Waals surface area (Å²) < 4.78 is 124. The van der Waals surface area contributed by atoms with Crippen LogP contribution in [-0.2, 0) is 33.3 Å². The van der Waals surface area contributed by atoms with Crippen LogP contribution in [0.4, 0.5) is 26.3 Å². The van der Waals surface area contributed by atoms with E-state index in [9.17, 15) is 43.2 Å². The maximum Gasteiger partial charge on any atom is 0.523 e. The van der Waals surface area contributed by atoms with E-state index in [0.717, 1.165) is 7.11 Å². The molecule has 0 aromatic heterocycles. The molecule has 128 valence electrons. The fourth-order valence-electron chi connectivity index (χ4n) is 0.649. The van der Waals surface area contributed by atoms with Gasteiger partial charge in [0.2, 0.25) is 0 Å². The molecule has 0 aromatic rings. The lowest BCUT2D eigenvalue weighted by atomic mass is 10.4. The zero-order chi connectivity index (χ0) is 17.1. The first-order valence-electron chi connectivity index (χ1n) is 4.58. The molecule has 0 saturated carbocycles. The lowest BCUT2D eigenvalue weighted by Gasteiger charge is -2.16. The second-order valence-corrected chi connectivity index (χ2v) is 6.44. The first-order valence-corrected chi connectivity index (χ1v) is 7.40. The topological polar surface area (TPSA) is 96.0 Å². The van der Waals surface area contributed by atoms with Crippen molar-refractivity contribution in [1.29, 1.82) is 0 Å². The predicted molar refractivity (Wildman–Crippen MR) is 52.7 cm³/mol. The minimum Gasteiger partial charge on any atom is -0.377 e. The molecule has 0 aromatic carbocycles. The molecule has 0 bridgehead atoms. The van der Waals surface area contributed by atoms with Gasteiger partial charge in [0, 0.05) is 7.11 Å². The fraction of sp³-hybridized carbons (Fsp3) is 1.00. The van der Waals surface area contributed by atoms with Gasteiger partial charge in [-0.25, -0.2) is 0 Å². The van der Waals surface area contributed by atoms with E-state index in [2.05, 4.69) is 13.1 Å². The molecule has 0 rings (SSSR count). The number of hydrogen-bond acceptors (Lipinski definition) is 7. The molecule has 0 saturated heterocycles. The second-order valence-electron chi connectivity index (χ2n) is 3.23. The van der Waals surface area contributed by atoms with Crippen molar-refractivity contribution in [3.05, 3.63) is 0 Å². The van der Waals surface area contributed by atoms with E-state index in [0.29, 0.717) is 0 Å². The Labute approximate surface area is 115 Å². The summed E-state index contributed by atoms with van der Waals surface area (Å²) in [5.41, 5.74) is -11.5. The highest BCUT2D eigenvalue weighted by molar-refractivity contribution is 7.87. The molecule has 0 atom stereocenters. The van der Waals surface area contributed by atoms with Crippen LogP contribution in [0, 0.1) is 0 Å². The van der Waals surface area contributed by atoms with Gasteiger partial charge in [-0.1, -0.05) is 0 Å². The van der Waals surface area contributed by atoms with Crippen molar-refractivity contribution < 1.29 is 56.3 Å². The van der Waals surface area contributed by atoms with Crippen molar-refractivity contribution in [3.8, 4) is 0 Å². The van der Waals surface area contributed by atoms with Gasteiger partial charge in [0.25, 0.3) is 0 Å². The summed E-state index contributed by atoms with van der Waals surface area (Å²) in [6, 6.07) is 0. The Balaban J connectivity index is 4.66. The average Bonchev–Trinajstić information content (AvgIpc) is 2.26. The minimum atomic E-state index is -5.99. The monoisotopic (exact) mass is 370 g/mol. The van der Waals surface area contributed by atoms with Crippen LogP contribution >= 0.6 is 0 Å². The Morgan fingerprint density at radius 1 is 0.810 bits per heavy atom. The van der Waals surface area contributed by atoms with Gasteiger partial charge in [0.15, 0.2) is 0 Å². The molecule has 21 heavy (non-hydrogen) atoms. The Morgan fingerprint density at radius 3 is 1.29 bits per heavy atom. The van der Waals surface area contributed by atoms with Gasteiger partial charge < -0.3 is 4.74 Å². The van der Waals surface area contributed by atoms with Crippen LogP contribution in [0.5, 0.6) is 0 Å². The lowest BCUT2D eigenvalue weighted by molar-refractivity contribution is -0.0633. The van der Waals surface area contributed by atoms with Crippen LogP contribution in [0.3, 0.4) is 0 Å². The number of alkyl halides is 6. The van der Waals surface area contributed by atoms with E-state index >= 15 is 0 Å². The molecule has 0 spiro atoms. The van der Waals surface area contributed by atoms with Crippen molar-refractivity contribution in [3.63, 3.8) is 0 Å². The van der Waals surface area contributed by atoms with Crippen molar-refractivity contribution in [2.45, 2.75) is 17.1 Å². The molecule has 0 heterocycles. The van der Waals surface area contributed by atoms with E-state index in [1.54, 1.807) is 0 Å². The van der Waals surface area contributed by atoms with E-state index in [-0.39, 0.29) is 0 Å². The largest absolute Gasteiger partial charge is 0.523 e. The van der Waals surface area contributed by atoms with Gasteiger partial charge in [-0.15, -0.1) is 0 Å². The normalized spacial score (nSPS) is 14.7.